The maximum atomic E-state index is 13.5. The maximum Gasteiger partial charge on any atom is 0.227 e. The van der Waals surface area contributed by atoms with E-state index in [1.807, 2.05) is 53.0 Å². The first-order chi connectivity index (χ1) is 19.0. The molecule has 0 saturated carbocycles. The zero-order chi connectivity index (χ0) is 27.2. The summed E-state index contributed by atoms with van der Waals surface area (Å²) in [4.78, 5) is 29.6. The summed E-state index contributed by atoms with van der Waals surface area (Å²) < 4.78 is 3.35. The Balaban J connectivity index is 1.36. The largest absolute Gasteiger partial charge is 0.328 e. The smallest absolute Gasteiger partial charge is 0.227 e. The number of aromatic nitrogens is 2. The van der Waals surface area contributed by atoms with Gasteiger partial charge in [-0.25, -0.2) is 9.83 Å². The van der Waals surface area contributed by atoms with Crippen molar-refractivity contribution in [3.05, 3.63) is 88.6 Å². The van der Waals surface area contributed by atoms with Crippen LogP contribution in [0.1, 0.15) is 42.3 Å². The average molecular weight is 541 g/mol. The van der Waals surface area contributed by atoms with Crippen molar-refractivity contribution in [3.63, 3.8) is 0 Å². The molecule has 7 nitrogen and oxygen atoms in total. The molecule has 0 unspecified atom stereocenters. The number of hydrogen-bond donors (Lipinski definition) is 0. The Labute approximate surface area is 235 Å². The van der Waals surface area contributed by atoms with Gasteiger partial charge in [-0.05, 0) is 48.7 Å². The van der Waals surface area contributed by atoms with Crippen LogP contribution in [0, 0.1) is 6.57 Å². The molecule has 0 atom stereocenters. The second kappa shape index (κ2) is 12.6. The lowest BCUT2D eigenvalue weighted by molar-refractivity contribution is -0.118. The predicted octanol–water partition coefficient (Wildman–Crippen LogP) is 6.17. The van der Waals surface area contributed by atoms with Crippen LogP contribution in [0.3, 0.4) is 0 Å². The normalized spacial score (nSPS) is 14.5. The summed E-state index contributed by atoms with van der Waals surface area (Å²) in [5.41, 5.74) is 3.64. The third kappa shape index (κ3) is 6.74. The SMILES string of the molecule is [C-]#[N+]c1ccc(Cn2cncc2CN(C(=O)CCCC)c2ccc3sc(CN4CCN(C)CC4)cc3c2)cc1. The summed E-state index contributed by atoms with van der Waals surface area (Å²) in [7, 11) is 2.19. The highest BCUT2D eigenvalue weighted by Crippen LogP contribution is 2.31. The molecule has 0 N–H and O–H groups in total. The quantitative estimate of drug-likeness (QED) is 0.226. The Bertz CT molecular complexity index is 1440. The molecular weight excluding hydrogens is 504 g/mol. The molecule has 0 bridgehead atoms. The van der Waals surface area contributed by atoms with Crippen molar-refractivity contribution in [1.29, 1.82) is 0 Å². The third-order valence-corrected chi connectivity index (χ3v) is 8.52. The highest BCUT2D eigenvalue weighted by Gasteiger charge is 2.20. The minimum absolute atomic E-state index is 0.137. The predicted molar refractivity (Wildman–Crippen MR) is 159 cm³/mol. The molecule has 0 aliphatic carbocycles. The van der Waals surface area contributed by atoms with Gasteiger partial charge in [0.15, 0.2) is 5.69 Å². The Morgan fingerprint density at radius 3 is 2.62 bits per heavy atom. The first-order valence-corrected chi connectivity index (χ1v) is 14.5. The van der Waals surface area contributed by atoms with Gasteiger partial charge in [-0.1, -0.05) is 37.6 Å². The van der Waals surface area contributed by atoms with E-state index < -0.39 is 0 Å². The molecule has 202 valence electrons. The van der Waals surface area contributed by atoms with Gasteiger partial charge in [0.25, 0.3) is 0 Å². The van der Waals surface area contributed by atoms with Crippen LogP contribution in [0.25, 0.3) is 14.9 Å². The summed E-state index contributed by atoms with van der Waals surface area (Å²) in [6.45, 7) is 15.8. The minimum atomic E-state index is 0.137. The van der Waals surface area contributed by atoms with E-state index in [2.05, 4.69) is 62.4 Å². The molecule has 8 heteroatoms. The van der Waals surface area contributed by atoms with Crippen LogP contribution in [-0.2, 0) is 24.4 Å². The van der Waals surface area contributed by atoms with Crippen molar-refractivity contribution >= 4 is 38.7 Å². The lowest BCUT2D eigenvalue weighted by Gasteiger charge is -2.31. The highest BCUT2D eigenvalue weighted by atomic mass is 32.1. The van der Waals surface area contributed by atoms with E-state index >= 15 is 0 Å². The number of carbonyl (C=O) groups excluding carboxylic acids is 1. The number of benzene rings is 2. The highest BCUT2D eigenvalue weighted by molar-refractivity contribution is 7.19. The first-order valence-electron chi connectivity index (χ1n) is 13.7. The molecule has 1 amide bonds. The lowest BCUT2D eigenvalue weighted by atomic mass is 10.1. The number of thiophene rings is 1. The van der Waals surface area contributed by atoms with Crippen LogP contribution in [-0.4, -0.2) is 58.5 Å². The van der Waals surface area contributed by atoms with Crippen molar-refractivity contribution in [2.24, 2.45) is 0 Å². The van der Waals surface area contributed by atoms with Crippen LogP contribution in [0.4, 0.5) is 11.4 Å². The van der Waals surface area contributed by atoms with E-state index in [0.717, 1.165) is 62.5 Å². The molecule has 0 radical (unpaired) electrons. The summed E-state index contributed by atoms with van der Waals surface area (Å²) in [6, 6.07) is 16.4. The molecule has 1 saturated heterocycles. The van der Waals surface area contributed by atoms with E-state index in [0.29, 0.717) is 25.2 Å². The number of fused-ring (bicyclic) bond motifs is 1. The first kappa shape index (κ1) is 27.1. The van der Waals surface area contributed by atoms with Gasteiger partial charge in [-0.15, -0.1) is 11.3 Å². The second-order valence-electron chi connectivity index (χ2n) is 10.4. The van der Waals surface area contributed by atoms with Gasteiger partial charge in [0.2, 0.25) is 5.91 Å². The Morgan fingerprint density at radius 1 is 1.08 bits per heavy atom. The molecule has 4 aromatic rings. The van der Waals surface area contributed by atoms with Gasteiger partial charge in [0.1, 0.15) is 0 Å². The number of rotatable bonds is 10. The molecule has 2 aromatic carbocycles. The fraction of sp³-hybridized carbons (Fsp3) is 0.387. The molecule has 1 fully saturated rings. The van der Waals surface area contributed by atoms with Gasteiger partial charge < -0.3 is 14.4 Å². The second-order valence-corrected chi connectivity index (χ2v) is 11.6. The monoisotopic (exact) mass is 540 g/mol. The van der Waals surface area contributed by atoms with Crippen molar-refractivity contribution in [2.75, 3.05) is 38.1 Å². The third-order valence-electron chi connectivity index (χ3n) is 7.42. The van der Waals surface area contributed by atoms with Crippen LogP contribution in [0.15, 0.2) is 61.1 Å². The topological polar surface area (TPSA) is 49.0 Å². The van der Waals surface area contributed by atoms with Gasteiger partial charge in [-0.3, -0.25) is 9.69 Å². The molecule has 3 heterocycles. The van der Waals surface area contributed by atoms with E-state index in [1.165, 1.54) is 15.0 Å². The number of carbonyl (C=O) groups is 1. The average Bonchev–Trinajstić information content (AvgIpc) is 3.57. The van der Waals surface area contributed by atoms with E-state index in [9.17, 15) is 4.79 Å². The number of unbranched alkanes of at least 4 members (excludes halogenated alkanes) is 1. The fourth-order valence-electron chi connectivity index (χ4n) is 5.00. The van der Waals surface area contributed by atoms with Crippen LogP contribution < -0.4 is 4.90 Å². The Kier molecular flexibility index (Phi) is 8.72. The van der Waals surface area contributed by atoms with Crippen LogP contribution in [0.5, 0.6) is 0 Å². The van der Waals surface area contributed by atoms with Crippen LogP contribution >= 0.6 is 11.3 Å². The van der Waals surface area contributed by atoms with Crippen molar-refractivity contribution in [3.8, 4) is 0 Å². The van der Waals surface area contributed by atoms with Crippen molar-refractivity contribution in [1.82, 2.24) is 19.4 Å². The molecular formula is C31H36N6OS. The molecule has 1 aliphatic heterocycles. The summed E-state index contributed by atoms with van der Waals surface area (Å²) >= 11 is 1.85. The summed E-state index contributed by atoms with van der Waals surface area (Å²) in [5.74, 6) is 0.137. The lowest BCUT2D eigenvalue weighted by Crippen LogP contribution is -2.43. The zero-order valence-electron chi connectivity index (χ0n) is 22.8. The standard InChI is InChI=1S/C31H36N6OS/c1-4-5-6-31(38)37(21-28-19-33-23-36(28)20-24-7-9-26(32-2)10-8-24)27-11-12-30-25(17-27)18-29(39-30)22-35-15-13-34(3)14-16-35/h7-12,17-19,23H,4-6,13-16,20-22H2,1,3H3. The number of hydrogen-bond acceptors (Lipinski definition) is 5. The Morgan fingerprint density at radius 2 is 1.87 bits per heavy atom. The van der Waals surface area contributed by atoms with Crippen molar-refractivity contribution in [2.45, 2.75) is 45.8 Å². The van der Waals surface area contributed by atoms with Gasteiger partial charge in [0, 0.05) is 67.2 Å². The number of amides is 1. The number of anilines is 1. The minimum Gasteiger partial charge on any atom is -0.328 e. The van der Waals surface area contributed by atoms with Crippen molar-refractivity contribution < 1.29 is 4.79 Å². The van der Waals surface area contributed by atoms with E-state index in [1.54, 1.807) is 0 Å². The number of likely N-dealkylation sites (N-methyl/N-ethyl adjacent to an activating group) is 1. The van der Waals surface area contributed by atoms with Gasteiger partial charge in [-0.2, -0.15) is 0 Å². The number of imidazole rings is 1. The zero-order valence-corrected chi connectivity index (χ0v) is 23.7. The Hall–Kier alpha value is -3.51. The molecule has 5 rings (SSSR count). The van der Waals surface area contributed by atoms with Gasteiger partial charge >= 0.3 is 0 Å². The maximum absolute atomic E-state index is 13.5. The number of piperazine rings is 1. The molecule has 1 aliphatic rings. The summed E-state index contributed by atoms with van der Waals surface area (Å²) in [6.07, 6.45) is 6.05. The van der Waals surface area contributed by atoms with Gasteiger partial charge in [0.05, 0.1) is 25.1 Å². The van der Waals surface area contributed by atoms with Crippen LogP contribution in [0.2, 0.25) is 0 Å². The van der Waals surface area contributed by atoms with E-state index in [-0.39, 0.29) is 5.91 Å². The molecule has 39 heavy (non-hydrogen) atoms. The molecule has 0 spiro atoms. The van der Waals surface area contributed by atoms with E-state index in [4.69, 9.17) is 6.57 Å². The summed E-state index contributed by atoms with van der Waals surface area (Å²) in [5, 5.41) is 1.20. The molecule has 2 aromatic heterocycles. The fourth-order valence-corrected chi connectivity index (χ4v) is 6.09. The number of nitrogens with zero attached hydrogens (tertiary/aromatic N) is 6.